The van der Waals surface area contributed by atoms with Crippen molar-refractivity contribution in [2.24, 2.45) is 0 Å². The maximum absolute atomic E-state index is 13.8. The van der Waals surface area contributed by atoms with Gasteiger partial charge in [0, 0.05) is 10.5 Å². The van der Waals surface area contributed by atoms with E-state index in [1.54, 1.807) is 0 Å². The minimum Gasteiger partial charge on any atom is -0.323 e. The number of amides is 1. The number of carbonyl (C=O) groups excluding carboxylic acids is 2. The van der Waals surface area contributed by atoms with E-state index in [4.69, 9.17) is 11.6 Å². The average molecular weight is 356 g/mol. The van der Waals surface area contributed by atoms with Gasteiger partial charge in [-0.1, -0.05) is 23.7 Å². The first kappa shape index (κ1) is 17.4. The van der Waals surface area contributed by atoms with Gasteiger partial charge in [-0.05, 0) is 31.2 Å². The molecule has 2 aromatic rings. The summed E-state index contributed by atoms with van der Waals surface area (Å²) >= 11 is 6.57. The van der Waals surface area contributed by atoms with E-state index in [2.05, 4.69) is 5.32 Å². The van der Waals surface area contributed by atoms with Crippen LogP contribution >= 0.6 is 23.4 Å². The number of nitrogens with one attached hydrogen (secondary N) is 1. The SMILES string of the molecule is CC(=O)c1ccc(SCC(=O)Nc2cccc(Cl)c2F)c(F)c1. The summed E-state index contributed by atoms with van der Waals surface area (Å²) in [5, 5.41) is 2.28. The molecule has 0 heterocycles. The minimum atomic E-state index is -0.718. The highest BCUT2D eigenvalue weighted by Gasteiger charge is 2.12. The minimum absolute atomic E-state index is 0.0319. The smallest absolute Gasteiger partial charge is 0.234 e. The molecule has 1 amide bonds. The van der Waals surface area contributed by atoms with E-state index in [-0.39, 0.29) is 32.7 Å². The van der Waals surface area contributed by atoms with E-state index in [1.165, 1.54) is 37.3 Å². The Morgan fingerprint density at radius 2 is 1.96 bits per heavy atom. The number of benzene rings is 2. The van der Waals surface area contributed by atoms with Crippen LogP contribution in [-0.2, 0) is 4.79 Å². The highest BCUT2D eigenvalue weighted by Crippen LogP contribution is 2.25. The Kier molecular flexibility index (Phi) is 5.74. The summed E-state index contributed by atoms with van der Waals surface area (Å²) in [6, 6.07) is 8.30. The Bertz CT molecular complexity index is 768. The molecule has 0 saturated carbocycles. The lowest BCUT2D eigenvalue weighted by Crippen LogP contribution is -2.15. The van der Waals surface area contributed by atoms with Crippen molar-refractivity contribution in [2.75, 3.05) is 11.1 Å². The Morgan fingerprint density at radius 3 is 2.61 bits per heavy atom. The third-order valence-electron chi connectivity index (χ3n) is 2.92. The molecule has 0 unspecified atom stereocenters. The predicted octanol–water partition coefficient (Wildman–Crippen LogP) is 4.55. The van der Waals surface area contributed by atoms with Crippen LogP contribution in [0.25, 0.3) is 0 Å². The first-order valence-corrected chi connectivity index (χ1v) is 7.92. The van der Waals surface area contributed by atoms with Gasteiger partial charge in [0.05, 0.1) is 16.5 Å². The predicted molar refractivity (Wildman–Crippen MR) is 87.2 cm³/mol. The molecule has 0 aromatic heterocycles. The van der Waals surface area contributed by atoms with Crippen molar-refractivity contribution in [3.05, 3.63) is 58.6 Å². The van der Waals surface area contributed by atoms with Crippen molar-refractivity contribution in [1.29, 1.82) is 0 Å². The molecule has 2 rings (SSSR count). The lowest BCUT2D eigenvalue weighted by Gasteiger charge is -2.08. The number of halogens is 3. The van der Waals surface area contributed by atoms with Crippen LogP contribution in [0.2, 0.25) is 5.02 Å². The van der Waals surface area contributed by atoms with Crippen LogP contribution in [0, 0.1) is 11.6 Å². The lowest BCUT2D eigenvalue weighted by atomic mass is 10.1. The van der Waals surface area contributed by atoms with Gasteiger partial charge >= 0.3 is 0 Å². The van der Waals surface area contributed by atoms with Gasteiger partial charge in [0.25, 0.3) is 0 Å². The van der Waals surface area contributed by atoms with Crippen molar-refractivity contribution in [1.82, 2.24) is 0 Å². The van der Waals surface area contributed by atoms with Gasteiger partial charge in [-0.15, -0.1) is 11.8 Å². The molecule has 1 N–H and O–H groups in total. The van der Waals surface area contributed by atoms with Crippen molar-refractivity contribution < 1.29 is 18.4 Å². The van der Waals surface area contributed by atoms with Gasteiger partial charge in [0.2, 0.25) is 5.91 Å². The maximum atomic E-state index is 13.8. The van der Waals surface area contributed by atoms with Crippen molar-refractivity contribution in [3.63, 3.8) is 0 Å². The number of ketones is 1. The molecule has 0 fully saturated rings. The summed E-state index contributed by atoms with van der Waals surface area (Å²) in [6.45, 7) is 1.34. The molecule has 0 spiro atoms. The molecular formula is C16H12ClF2NO2S. The van der Waals surface area contributed by atoms with E-state index in [9.17, 15) is 18.4 Å². The monoisotopic (exact) mass is 355 g/mol. The molecule has 7 heteroatoms. The van der Waals surface area contributed by atoms with Gasteiger partial charge in [0.15, 0.2) is 11.6 Å². The number of carbonyl (C=O) groups is 2. The third kappa shape index (κ3) is 4.53. The number of rotatable bonds is 5. The number of hydrogen-bond acceptors (Lipinski definition) is 3. The van der Waals surface area contributed by atoms with E-state index in [0.29, 0.717) is 0 Å². The van der Waals surface area contributed by atoms with Gasteiger partial charge in [-0.2, -0.15) is 0 Å². The molecular weight excluding hydrogens is 344 g/mol. The second kappa shape index (κ2) is 7.57. The van der Waals surface area contributed by atoms with E-state index in [1.807, 2.05) is 0 Å². The second-order valence-electron chi connectivity index (χ2n) is 4.64. The molecule has 2 aromatic carbocycles. The fraction of sp³-hybridized carbons (Fsp3) is 0.125. The number of thioether (sulfide) groups is 1. The summed E-state index contributed by atoms with van der Waals surface area (Å²) in [4.78, 5) is 23.2. The van der Waals surface area contributed by atoms with Gasteiger partial charge in [-0.3, -0.25) is 9.59 Å². The molecule has 3 nitrogen and oxygen atoms in total. The Labute approximate surface area is 141 Å². The summed E-state index contributed by atoms with van der Waals surface area (Å²) in [5.74, 6) is -2.14. The maximum Gasteiger partial charge on any atom is 0.234 e. The van der Waals surface area contributed by atoms with E-state index >= 15 is 0 Å². The molecule has 0 saturated heterocycles. The Morgan fingerprint density at radius 1 is 1.22 bits per heavy atom. The number of anilines is 1. The lowest BCUT2D eigenvalue weighted by molar-refractivity contribution is -0.113. The largest absolute Gasteiger partial charge is 0.323 e. The fourth-order valence-corrected chi connectivity index (χ4v) is 2.66. The van der Waals surface area contributed by atoms with Crippen LogP contribution in [0.1, 0.15) is 17.3 Å². The second-order valence-corrected chi connectivity index (χ2v) is 6.06. The number of hydrogen-bond donors (Lipinski definition) is 1. The van der Waals surface area contributed by atoms with Crippen molar-refractivity contribution in [3.8, 4) is 0 Å². The fourth-order valence-electron chi connectivity index (χ4n) is 1.77. The number of Topliss-reactive ketones (excluding diaryl/α,β-unsaturated/α-hetero) is 1. The summed E-state index contributed by atoms with van der Waals surface area (Å²) in [7, 11) is 0. The zero-order valence-corrected chi connectivity index (χ0v) is 13.6. The molecule has 0 aliphatic carbocycles. The van der Waals surface area contributed by atoms with Crippen LogP contribution in [0.5, 0.6) is 0 Å². The Balaban J connectivity index is 1.99. The molecule has 23 heavy (non-hydrogen) atoms. The average Bonchev–Trinajstić information content (AvgIpc) is 2.50. The highest BCUT2D eigenvalue weighted by atomic mass is 35.5. The third-order valence-corrected chi connectivity index (χ3v) is 4.26. The first-order chi connectivity index (χ1) is 10.9. The van der Waals surface area contributed by atoms with Crippen LogP contribution in [-0.4, -0.2) is 17.4 Å². The van der Waals surface area contributed by atoms with Gasteiger partial charge in [-0.25, -0.2) is 8.78 Å². The van der Waals surface area contributed by atoms with Crippen molar-refractivity contribution >= 4 is 40.7 Å². The topological polar surface area (TPSA) is 46.2 Å². The quantitative estimate of drug-likeness (QED) is 0.632. The van der Waals surface area contributed by atoms with E-state index in [0.717, 1.165) is 17.8 Å². The van der Waals surface area contributed by atoms with Crippen LogP contribution in [0.3, 0.4) is 0 Å². The molecule has 0 radical (unpaired) electrons. The molecule has 0 aliphatic rings. The first-order valence-electron chi connectivity index (χ1n) is 6.55. The molecule has 0 atom stereocenters. The van der Waals surface area contributed by atoms with Crippen LogP contribution in [0.15, 0.2) is 41.3 Å². The summed E-state index contributed by atoms with van der Waals surface area (Å²) < 4.78 is 27.5. The normalized spacial score (nSPS) is 10.4. The summed E-state index contributed by atoms with van der Waals surface area (Å²) in [5.41, 5.74) is 0.229. The van der Waals surface area contributed by atoms with Crippen molar-refractivity contribution in [2.45, 2.75) is 11.8 Å². The van der Waals surface area contributed by atoms with E-state index < -0.39 is 17.5 Å². The zero-order chi connectivity index (χ0) is 17.0. The zero-order valence-electron chi connectivity index (χ0n) is 12.0. The van der Waals surface area contributed by atoms with Gasteiger partial charge < -0.3 is 5.32 Å². The molecule has 0 aliphatic heterocycles. The Hall–Kier alpha value is -1.92. The van der Waals surface area contributed by atoms with Gasteiger partial charge in [0.1, 0.15) is 5.82 Å². The summed E-state index contributed by atoms with van der Waals surface area (Å²) in [6.07, 6.45) is 0. The molecule has 120 valence electrons. The highest BCUT2D eigenvalue weighted by molar-refractivity contribution is 8.00. The van der Waals surface area contributed by atoms with Crippen LogP contribution < -0.4 is 5.32 Å². The standard InChI is InChI=1S/C16H12ClF2NO2S/c1-9(21)10-5-6-14(12(18)7-10)23-8-15(22)20-13-4-2-3-11(17)16(13)19/h2-7H,8H2,1H3,(H,20,22). The molecule has 0 bridgehead atoms. The van der Waals surface area contributed by atoms with Crippen LogP contribution in [0.4, 0.5) is 14.5 Å².